The van der Waals surface area contributed by atoms with Crippen LogP contribution in [0.1, 0.15) is 186 Å². The highest BCUT2D eigenvalue weighted by molar-refractivity contribution is 8.02. The first-order valence-electron chi connectivity index (χ1n) is 24.5. The number of ether oxygens (including phenoxy) is 1. The van der Waals surface area contributed by atoms with E-state index in [1.54, 1.807) is 89.9 Å². The van der Waals surface area contributed by atoms with E-state index < -0.39 is 0 Å². The van der Waals surface area contributed by atoms with Crippen LogP contribution in [0.25, 0.3) is 0 Å². The van der Waals surface area contributed by atoms with Gasteiger partial charge in [0.15, 0.2) is 0 Å². The smallest absolute Gasteiger partial charge is 0.0625 e. The van der Waals surface area contributed by atoms with Crippen LogP contribution in [-0.4, -0.2) is 56.2 Å². The lowest BCUT2D eigenvalue weighted by Gasteiger charge is -2.52. The second kappa shape index (κ2) is 15.4. The number of fused-ring (bicyclic) bond motifs is 10. The lowest BCUT2D eigenvalue weighted by atomic mass is 9.62. The fourth-order valence-corrected chi connectivity index (χ4v) is 22.1. The van der Waals surface area contributed by atoms with Crippen LogP contribution in [0.3, 0.4) is 0 Å². The second-order valence-electron chi connectivity index (χ2n) is 21.6. The zero-order chi connectivity index (χ0) is 34.2. The Morgan fingerprint density at radius 3 is 1.88 bits per heavy atom. The molecule has 11 aliphatic rings. The van der Waals surface area contributed by atoms with Gasteiger partial charge in [-0.1, -0.05) is 77.0 Å². The molecule has 8 saturated carbocycles. The summed E-state index contributed by atoms with van der Waals surface area (Å²) in [5.74, 6) is 10.3. The molecule has 3 aliphatic heterocycles. The molecule has 16 atom stereocenters. The molecule has 11 rings (SSSR count). The molecule has 292 valence electrons. The molecule has 3 saturated heterocycles. The molecule has 0 aromatic heterocycles. The normalized spacial score (nSPS) is 53.7. The van der Waals surface area contributed by atoms with E-state index >= 15 is 0 Å². The van der Waals surface area contributed by atoms with Gasteiger partial charge >= 0.3 is 0 Å². The molecule has 0 N–H and O–H groups in total. The monoisotopic (exact) mass is 748 g/mol. The minimum absolute atomic E-state index is 0.589. The first-order chi connectivity index (χ1) is 25.8. The van der Waals surface area contributed by atoms with Crippen LogP contribution in [0.4, 0.5) is 0 Å². The molecule has 0 aromatic carbocycles. The highest BCUT2D eigenvalue weighted by Crippen LogP contribution is 2.66. The third-order valence-corrected chi connectivity index (χ3v) is 23.3. The Kier molecular flexibility index (Phi) is 10.6. The SMILES string of the molecule is C1CCC(C2CCC(N(C3CCCC(C4CCCC5C6CCC7SC8CCCCC8C7C6SC45)C3)C3CCC4C(C3)OC3CCCCC34)CC2)CC1. The highest BCUT2D eigenvalue weighted by atomic mass is 32.2. The first kappa shape index (κ1) is 35.8. The summed E-state index contributed by atoms with van der Waals surface area (Å²) in [6.07, 6.45) is 45.4. The van der Waals surface area contributed by atoms with E-state index in [0.29, 0.717) is 12.2 Å². The average Bonchev–Trinajstić information content (AvgIpc) is 3.89. The van der Waals surface area contributed by atoms with Gasteiger partial charge in [0, 0.05) is 39.1 Å². The zero-order valence-electron chi connectivity index (χ0n) is 33.1. The standard InChI is InChI=1S/C48H77NOS2/c1-2-10-30(11-3-1)31-20-22-33(23-21-31)49(35-24-25-38-37-14-4-6-18-42(37)50-43(38)29-35)34-13-8-12-32(28-34)36-16-9-17-39-40-26-27-45-46(48(40)52-47(36)39)41-15-5-7-19-44(41)51-45/h30-48H,1-29H2. The van der Waals surface area contributed by atoms with Gasteiger partial charge in [-0.25, -0.2) is 0 Å². The summed E-state index contributed by atoms with van der Waals surface area (Å²) >= 11 is 5.18. The van der Waals surface area contributed by atoms with Gasteiger partial charge in [0.25, 0.3) is 0 Å². The molecule has 0 spiro atoms. The molecule has 0 aromatic rings. The lowest BCUT2D eigenvalue weighted by molar-refractivity contribution is -0.0504. The summed E-state index contributed by atoms with van der Waals surface area (Å²) in [6.45, 7) is 0. The van der Waals surface area contributed by atoms with Crippen LogP contribution in [0.2, 0.25) is 0 Å². The third kappa shape index (κ3) is 6.49. The van der Waals surface area contributed by atoms with Crippen LogP contribution in [0.5, 0.6) is 0 Å². The van der Waals surface area contributed by atoms with Gasteiger partial charge in [-0.15, -0.1) is 0 Å². The maximum Gasteiger partial charge on any atom is 0.0625 e. The Bertz CT molecular complexity index is 1210. The molecule has 3 heterocycles. The van der Waals surface area contributed by atoms with Crippen molar-refractivity contribution in [3.63, 3.8) is 0 Å². The van der Waals surface area contributed by atoms with Gasteiger partial charge in [-0.3, -0.25) is 4.90 Å². The Balaban J connectivity index is 0.814. The quantitative estimate of drug-likeness (QED) is 0.277. The Morgan fingerprint density at radius 2 is 0.981 bits per heavy atom. The Hall–Kier alpha value is 0.620. The predicted octanol–water partition coefficient (Wildman–Crippen LogP) is 12.7. The molecule has 4 heteroatoms. The Morgan fingerprint density at radius 1 is 0.346 bits per heavy atom. The van der Waals surface area contributed by atoms with Crippen molar-refractivity contribution >= 4 is 23.5 Å². The van der Waals surface area contributed by atoms with Crippen molar-refractivity contribution in [3.05, 3.63) is 0 Å². The third-order valence-electron chi connectivity index (χ3n) is 19.5. The lowest BCUT2D eigenvalue weighted by Crippen LogP contribution is -2.55. The van der Waals surface area contributed by atoms with Crippen molar-refractivity contribution in [2.75, 3.05) is 0 Å². The molecular weight excluding hydrogens is 671 g/mol. The largest absolute Gasteiger partial charge is 0.374 e. The van der Waals surface area contributed by atoms with Crippen molar-refractivity contribution in [3.8, 4) is 0 Å². The van der Waals surface area contributed by atoms with Crippen molar-refractivity contribution < 1.29 is 4.74 Å². The van der Waals surface area contributed by atoms with Crippen LogP contribution in [0.15, 0.2) is 0 Å². The maximum atomic E-state index is 7.06. The van der Waals surface area contributed by atoms with Gasteiger partial charge in [0.1, 0.15) is 0 Å². The topological polar surface area (TPSA) is 12.5 Å². The molecule has 2 nitrogen and oxygen atoms in total. The van der Waals surface area contributed by atoms with Crippen molar-refractivity contribution in [1.82, 2.24) is 4.90 Å². The van der Waals surface area contributed by atoms with Crippen LogP contribution >= 0.6 is 23.5 Å². The molecule has 0 bridgehead atoms. The number of thioether (sulfide) groups is 2. The summed E-state index contributed by atoms with van der Waals surface area (Å²) < 4.78 is 7.06. The van der Waals surface area contributed by atoms with Gasteiger partial charge in [0.2, 0.25) is 0 Å². The molecule has 11 fully saturated rings. The van der Waals surface area contributed by atoms with Gasteiger partial charge < -0.3 is 4.74 Å². The molecule has 8 aliphatic carbocycles. The summed E-state index contributed by atoms with van der Waals surface area (Å²) in [6, 6.07) is 2.55. The van der Waals surface area contributed by atoms with Gasteiger partial charge in [-0.05, 0) is 168 Å². The summed E-state index contributed by atoms with van der Waals surface area (Å²) in [4.78, 5) is 3.36. The van der Waals surface area contributed by atoms with Crippen LogP contribution < -0.4 is 0 Å². The van der Waals surface area contributed by atoms with E-state index in [9.17, 15) is 0 Å². The highest BCUT2D eigenvalue weighted by Gasteiger charge is 2.60. The van der Waals surface area contributed by atoms with Gasteiger partial charge in [0.05, 0.1) is 12.2 Å². The molecule has 16 unspecified atom stereocenters. The predicted molar refractivity (Wildman–Crippen MR) is 221 cm³/mol. The number of nitrogens with zero attached hydrogens (tertiary/aromatic N) is 1. The van der Waals surface area contributed by atoms with Crippen molar-refractivity contribution in [1.29, 1.82) is 0 Å². The number of rotatable bonds is 5. The van der Waals surface area contributed by atoms with E-state index in [2.05, 4.69) is 28.4 Å². The van der Waals surface area contributed by atoms with E-state index in [4.69, 9.17) is 4.74 Å². The van der Waals surface area contributed by atoms with E-state index in [1.165, 1.54) is 96.3 Å². The minimum atomic E-state index is 0.589. The molecule has 52 heavy (non-hydrogen) atoms. The summed E-state index contributed by atoms with van der Waals surface area (Å²) in [5, 5.41) is 4.13. The Labute approximate surface area is 328 Å². The molecular formula is C48H77NOS2. The number of hydrogen-bond acceptors (Lipinski definition) is 4. The van der Waals surface area contributed by atoms with Crippen LogP contribution in [0, 0.1) is 59.2 Å². The molecule has 0 amide bonds. The minimum Gasteiger partial charge on any atom is -0.374 e. The maximum absolute atomic E-state index is 7.06. The molecule has 0 radical (unpaired) electrons. The van der Waals surface area contributed by atoms with Crippen LogP contribution in [-0.2, 0) is 4.74 Å². The van der Waals surface area contributed by atoms with Crippen molar-refractivity contribution in [2.45, 2.75) is 238 Å². The second-order valence-corrected chi connectivity index (χ2v) is 24.4. The van der Waals surface area contributed by atoms with Gasteiger partial charge in [-0.2, -0.15) is 23.5 Å². The van der Waals surface area contributed by atoms with E-state index in [1.807, 2.05) is 0 Å². The fraction of sp³-hybridized carbons (Fsp3) is 1.00. The zero-order valence-corrected chi connectivity index (χ0v) is 34.8. The average molecular weight is 748 g/mol. The van der Waals surface area contributed by atoms with E-state index in [-0.39, 0.29) is 0 Å². The summed E-state index contributed by atoms with van der Waals surface area (Å²) in [5.41, 5.74) is 0. The van der Waals surface area contributed by atoms with E-state index in [0.717, 1.165) is 98.3 Å². The summed E-state index contributed by atoms with van der Waals surface area (Å²) in [7, 11) is 0. The fourth-order valence-electron chi connectivity index (χ4n) is 17.4. The van der Waals surface area contributed by atoms with Crippen molar-refractivity contribution in [2.24, 2.45) is 59.2 Å². The number of hydrogen-bond donors (Lipinski definition) is 0. The first-order valence-corrected chi connectivity index (χ1v) is 26.4.